The first-order valence-corrected chi connectivity index (χ1v) is 9.48. The van der Waals surface area contributed by atoms with Gasteiger partial charge in [-0.25, -0.2) is 0 Å². The minimum atomic E-state index is -0.540. The Kier molecular flexibility index (Phi) is 4.70. The van der Waals surface area contributed by atoms with Crippen molar-refractivity contribution in [2.45, 2.75) is 25.8 Å². The maximum absolute atomic E-state index is 12.2. The normalized spacial score (nSPS) is 25.2. The third-order valence-electron chi connectivity index (χ3n) is 6.24. The van der Waals surface area contributed by atoms with Crippen molar-refractivity contribution in [3.8, 4) is 5.75 Å². The number of hydrogen-bond donors (Lipinski definition) is 3. The number of aromatic hydroxyl groups is 1. The first-order chi connectivity index (χ1) is 13.1. The zero-order valence-electron chi connectivity index (χ0n) is 15.7. The molecule has 2 aromatic rings. The van der Waals surface area contributed by atoms with Crippen LogP contribution in [0.2, 0.25) is 0 Å². The molecule has 0 unspecified atom stereocenters. The number of aliphatic hydroxyl groups excluding tert-OH is 1. The quantitative estimate of drug-likeness (QED) is 0.571. The molecular weight excluding hydrogens is 344 g/mol. The SMILES string of the molecule is CC=C1CN2CCc3c([nH]c4ccc(O)cc34)[C@@H]2C[C@@H]1[C@H](CO)C(=O)OC. The molecule has 6 heteroatoms. The van der Waals surface area contributed by atoms with E-state index in [1.54, 1.807) is 6.07 Å². The van der Waals surface area contributed by atoms with E-state index in [0.717, 1.165) is 36.8 Å². The summed E-state index contributed by atoms with van der Waals surface area (Å²) in [6.45, 7) is 3.51. The summed E-state index contributed by atoms with van der Waals surface area (Å²) in [6.07, 6.45) is 3.76. The Hall–Kier alpha value is -2.31. The molecule has 1 aromatic carbocycles. The molecule has 0 amide bonds. The summed E-state index contributed by atoms with van der Waals surface area (Å²) >= 11 is 0. The molecule has 3 N–H and O–H groups in total. The number of carbonyl (C=O) groups is 1. The molecule has 2 aliphatic heterocycles. The molecule has 1 fully saturated rings. The van der Waals surface area contributed by atoms with Crippen LogP contribution in [0.3, 0.4) is 0 Å². The molecule has 1 saturated heterocycles. The summed E-state index contributed by atoms with van der Waals surface area (Å²) in [7, 11) is 1.37. The summed E-state index contributed by atoms with van der Waals surface area (Å²) in [5, 5.41) is 20.8. The monoisotopic (exact) mass is 370 g/mol. The lowest BCUT2D eigenvalue weighted by Gasteiger charge is -2.45. The molecule has 0 radical (unpaired) electrons. The van der Waals surface area contributed by atoms with Crippen LogP contribution in [0, 0.1) is 11.8 Å². The average Bonchev–Trinajstić information content (AvgIpc) is 3.06. The Morgan fingerprint density at radius 1 is 1.48 bits per heavy atom. The number of phenols is 1. The van der Waals surface area contributed by atoms with E-state index < -0.39 is 5.92 Å². The predicted octanol–water partition coefficient (Wildman–Crippen LogP) is 2.52. The number of fused-ring (bicyclic) bond motifs is 5. The zero-order valence-corrected chi connectivity index (χ0v) is 15.7. The molecule has 3 heterocycles. The number of aromatic nitrogens is 1. The second kappa shape index (κ2) is 7.02. The molecule has 0 aliphatic carbocycles. The number of phenolic OH excluding ortho intramolecular Hbond substituents is 1. The lowest BCUT2D eigenvalue weighted by atomic mass is 9.75. The number of methoxy groups -OCH3 is 1. The van der Waals surface area contributed by atoms with Gasteiger partial charge >= 0.3 is 5.97 Å². The number of benzene rings is 1. The molecule has 144 valence electrons. The summed E-state index contributed by atoms with van der Waals surface area (Å²) in [6, 6.07) is 5.59. The first kappa shape index (κ1) is 18.1. The fraction of sp³-hybridized carbons (Fsp3) is 0.476. The van der Waals surface area contributed by atoms with Crippen LogP contribution in [-0.2, 0) is 16.0 Å². The number of esters is 1. The van der Waals surface area contributed by atoms with Crippen LogP contribution in [0.15, 0.2) is 29.8 Å². The van der Waals surface area contributed by atoms with Crippen molar-refractivity contribution in [3.63, 3.8) is 0 Å². The number of hydrogen-bond acceptors (Lipinski definition) is 5. The van der Waals surface area contributed by atoms with E-state index in [1.807, 2.05) is 19.1 Å². The molecule has 1 aromatic heterocycles. The van der Waals surface area contributed by atoms with Crippen LogP contribution in [0.5, 0.6) is 5.75 Å². The van der Waals surface area contributed by atoms with Gasteiger partial charge in [-0.2, -0.15) is 0 Å². The number of H-pyrrole nitrogens is 1. The Morgan fingerprint density at radius 2 is 2.30 bits per heavy atom. The van der Waals surface area contributed by atoms with Crippen molar-refractivity contribution in [2.24, 2.45) is 11.8 Å². The van der Waals surface area contributed by atoms with Gasteiger partial charge in [0, 0.05) is 29.7 Å². The van der Waals surface area contributed by atoms with Crippen molar-refractivity contribution in [2.75, 3.05) is 26.8 Å². The van der Waals surface area contributed by atoms with Crippen LogP contribution in [0.25, 0.3) is 10.9 Å². The van der Waals surface area contributed by atoms with Crippen LogP contribution >= 0.6 is 0 Å². The van der Waals surface area contributed by atoms with Gasteiger partial charge in [0.2, 0.25) is 0 Å². The molecule has 0 bridgehead atoms. The predicted molar refractivity (Wildman–Crippen MR) is 102 cm³/mol. The highest BCUT2D eigenvalue weighted by Gasteiger charge is 2.42. The maximum Gasteiger partial charge on any atom is 0.311 e. The van der Waals surface area contributed by atoms with Gasteiger partial charge in [0.25, 0.3) is 0 Å². The number of carbonyl (C=O) groups excluding carboxylic acids is 1. The minimum absolute atomic E-state index is 0.0422. The van der Waals surface area contributed by atoms with Crippen LogP contribution in [0.1, 0.15) is 30.6 Å². The van der Waals surface area contributed by atoms with Gasteiger partial charge in [0.1, 0.15) is 5.75 Å². The number of ether oxygens (including phenoxy) is 1. The molecule has 2 aliphatic rings. The molecular formula is C21H26N2O4. The van der Waals surface area contributed by atoms with Crippen LogP contribution in [-0.4, -0.2) is 52.9 Å². The van der Waals surface area contributed by atoms with Crippen LogP contribution in [0.4, 0.5) is 0 Å². The summed E-state index contributed by atoms with van der Waals surface area (Å²) in [4.78, 5) is 18.2. The number of nitrogens with zero attached hydrogens (tertiary/aromatic N) is 1. The third-order valence-corrected chi connectivity index (χ3v) is 6.24. The standard InChI is InChI=1S/C21H26N2O4/c1-3-12-10-23-7-6-14-16-8-13(25)4-5-18(16)22-20(14)19(23)9-15(12)17(11-24)21(26)27-2/h3-5,8,15,17,19,22,24-25H,6-7,9-11H2,1-2H3/t15-,17-,19-/m0/s1. The number of rotatable bonds is 3. The van der Waals surface area contributed by atoms with E-state index in [0.29, 0.717) is 0 Å². The number of piperidine rings is 1. The van der Waals surface area contributed by atoms with Crippen molar-refractivity contribution >= 4 is 16.9 Å². The van der Waals surface area contributed by atoms with E-state index in [4.69, 9.17) is 4.74 Å². The number of allylic oxidation sites excluding steroid dienone is 1. The lowest BCUT2D eigenvalue weighted by Crippen LogP contribution is -2.45. The largest absolute Gasteiger partial charge is 0.508 e. The second-order valence-corrected chi connectivity index (χ2v) is 7.50. The maximum atomic E-state index is 12.2. The van der Waals surface area contributed by atoms with Gasteiger partial charge in [0.15, 0.2) is 0 Å². The van der Waals surface area contributed by atoms with Gasteiger partial charge in [0.05, 0.1) is 25.7 Å². The van der Waals surface area contributed by atoms with E-state index in [2.05, 4.69) is 16.0 Å². The topological polar surface area (TPSA) is 85.8 Å². The van der Waals surface area contributed by atoms with Crippen molar-refractivity contribution in [1.29, 1.82) is 0 Å². The Balaban J connectivity index is 1.74. The fourth-order valence-corrected chi connectivity index (χ4v) is 4.85. The number of aromatic amines is 1. The Morgan fingerprint density at radius 3 is 3.00 bits per heavy atom. The second-order valence-electron chi connectivity index (χ2n) is 7.50. The molecule has 0 spiro atoms. The van der Waals surface area contributed by atoms with Gasteiger partial charge in [-0.05, 0) is 49.4 Å². The average molecular weight is 370 g/mol. The Bertz CT molecular complexity index is 901. The third kappa shape index (κ3) is 2.93. The number of nitrogens with one attached hydrogen (secondary N) is 1. The summed E-state index contributed by atoms with van der Waals surface area (Å²) in [5.74, 6) is -0.662. The van der Waals surface area contributed by atoms with Gasteiger partial charge < -0.3 is 19.9 Å². The number of aliphatic hydroxyl groups is 1. The van der Waals surface area contributed by atoms with Crippen molar-refractivity contribution in [3.05, 3.63) is 41.1 Å². The molecule has 3 atom stereocenters. The first-order valence-electron chi connectivity index (χ1n) is 9.48. The van der Waals surface area contributed by atoms with Gasteiger partial charge in [-0.1, -0.05) is 11.6 Å². The smallest absolute Gasteiger partial charge is 0.311 e. The summed E-state index contributed by atoms with van der Waals surface area (Å²) in [5.41, 5.74) is 4.64. The fourth-order valence-electron chi connectivity index (χ4n) is 4.85. The Labute approximate surface area is 158 Å². The summed E-state index contributed by atoms with van der Waals surface area (Å²) < 4.78 is 4.94. The van der Waals surface area contributed by atoms with Gasteiger partial charge in [-0.3, -0.25) is 9.69 Å². The zero-order chi connectivity index (χ0) is 19.1. The van der Waals surface area contributed by atoms with E-state index in [1.165, 1.54) is 23.9 Å². The van der Waals surface area contributed by atoms with Crippen molar-refractivity contribution < 1.29 is 19.7 Å². The van der Waals surface area contributed by atoms with E-state index >= 15 is 0 Å². The van der Waals surface area contributed by atoms with E-state index in [9.17, 15) is 15.0 Å². The van der Waals surface area contributed by atoms with Crippen LogP contribution < -0.4 is 0 Å². The molecule has 6 nitrogen and oxygen atoms in total. The highest BCUT2D eigenvalue weighted by Crippen LogP contribution is 2.45. The van der Waals surface area contributed by atoms with E-state index in [-0.39, 0.29) is 30.3 Å². The molecule has 4 rings (SSSR count). The molecule has 27 heavy (non-hydrogen) atoms. The lowest BCUT2D eigenvalue weighted by molar-refractivity contribution is -0.149. The van der Waals surface area contributed by atoms with Crippen molar-refractivity contribution in [1.82, 2.24) is 9.88 Å². The van der Waals surface area contributed by atoms with Gasteiger partial charge in [-0.15, -0.1) is 0 Å². The molecule has 0 saturated carbocycles. The highest BCUT2D eigenvalue weighted by atomic mass is 16.5. The highest BCUT2D eigenvalue weighted by molar-refractivity contribution is 5.86. The minimum Gasteiger partial charge on any atom is -0.508 e.